The van der Waals surface area contributed by atoms with Gasteiger partial charge in [-0.1, -0.05) is 20.8 Å². The normalized spacial score (nSPS) is 11.0. The lowest BCUT2D eigenvalue weighted by atomic mass is 9.97. The molecule has 2 rings (SSSR count). The second-order valence-corrected chi connectivity index (χ2v) is 7.08. The molecular formula is C18H23N5O4. The topological polar surface area (TPSA) is 139 Å². The van der Waals surface area contributed by atoms with Crippen molar-refractivity contribution in [3.63, 3.8) is 0 Å². The minimum atomic E-state index is -0.702. The number of benzene rings is 1. The van der Waals surface area contributed by atoms with Gasteiger partial charge < -0.3 is 26.2 Å². The summed E-state index contributed by atoms with van der Waals surface area (Å²) in [6.07, 6.45) is 1.32. The number of primary amides is 1. The zero-order chi connectivity index (χ0) is 20.2. The van der Waals surface area contributed by atoms with Crippen molar-refractivity contribution in [2.45, 2.75) is 20.8 Å². The molecule has 0 aliphatic carbocycles. The average molecular weight is 373 g/mol. The second kappa shape index (κ2) is 7.90. The Morgan fingerprint density at radius 2 is 1.96 bits per heavy atom. The first kappa shape index (κ1) is 20.0. The molecule has 1 amide bonds. The van der Waals surface area contributed by atoms with Crippen LogP contribution in [0.15, 0.2) is 24.4 Å². The number of carbonyl (C=O) groups is 2. The highest BCUT2D eigenvalue weighted by molar-refractivity contribution is 5.98. The third-order valence-corrected chi connectivity index (χ3v) is 3.50. The number of aromatic hydroxyl groups is 1. The number of hydrogen-bond donors (Lipinski definition) is 4. The number of amides is 1. The fourth-order valence-corrected chi connectivity index (χ4v) is 2.11. The molecule has 0 radical (unpaired) electrons. The Morgan fingerprint density at radius 3 is 2.56 bits per heavy atom. The minimum absolute atomic E-state index is 0.00564. The molecule has 5 N–H and O–H groups in total. The summed E-state index contributed by atoms with van der Waals surface area (Å²) in [6, 6.07) is 4.24. The van der Waals surface area contributed by atoms with Crippen molar-refractivity contribution >= 4 is 29.3 Å². The lowest BCUT2D eigenvalue weighted by molar-refractivity contribution is 0.0597. The molecule has 0 spiro atoms. The summed E-state index contributed by atoms with van der Waals surface area (Å²) in [5.74, 6) is -1.12. The molecule has 1 aromatic carbocycles. The van der Waals surface area contributed by atoms with Gasteiger partial charge in [-0.25, -0.2) is 9.78 Å². The smallest absolute Gasteiger partial charge is 0.341 e. The highest BCUT2D eigenvalue weighted by atomic mass is 16.5. The first-order valence-electron chi connectivity index (χ1n) is 8.20. The van der Waals surface area contributed by atoms with Crippen LogP contribution in [0.25, 0.3) is 0 Å². The summed E-state index contributed by atoms with van der Waals surface area (Å²) in [5.41, 5.74) is 5.87. The van der Waals surface area contributed by atoms with Crippen LogP contribution in [0.5, 0.6) is 5.75 Å². The van der Waals surface area contributed by atoms with Crippen LogP contribution in [0.2, 0.25) is 0 Å². The van der Waals surface area contributed by atoms with Crippen molar-refractivity contribution in [2.24, 2.45) is 11.1 Å². The summed E-state index contributed by atoms with van der Waals surface area (Å²) in [7, 11) is 1.21. The first-order chi connectivity index (χ1) is 12.6. The van der Waals surface area contributed by atoms with Crippen molar-refractivity contribution in [2.75, 3.05) is 24.3 Å². The molecule has 9 nitrogen and oxygen atoms in total. The lowest BCUT2D eigenvalue weighted by Crippen LogP contribution is -2.21. The van der Waals surface area contributed by atoms with Gasteiger partial charge in [-0.05, 0) is 23.6 Å². The molecule has 0 bridgehead atoms. The summed E-state index contributed by atoms with van der Waals surface area (Å²) < 4.78 is 4.63. The predicted octanol–water partition coefficient (Wildman–Crippen LogP) is 2.27. The van der Waals surface area contributed by atoms with E-state index in [-0.39, 0.29) is 28.1 Å². The van der Waals surface area contributed by atoms with Gasteiger partial charge >= 0.3 is 5.97 Å². The van der Waals surface area contributed by atoms with E-state index < -0.39 is 11.9 Å². The number of ether oxygens (including phenoxy) is 1. The van der Waals surface area contributed by atoms with Crippen LogP contribution in [0, 0.1) is 5.41 Å². The van der Waals surface area contributed by atoms with Crippen molar-refractivity contribution in [1.82, 2.24) is 9.97 Å². The summed E-state index contributed by atoms with van der Waals surface area (Å²) in [6.45, 7) is 6.79. The molecule has 0 aliphatic heterocycles. The highest BCUT2D eigenvalue weighted by Crippen LogP contribution is 2.26. The molecule has 2 aromatic rings. The largest absolute Gasteiger partial charge is 0.507 e. The van der Waals surface area contributed by atoms with E-state index in [0.29, 0.717) is 18.2 Å². The molecule has 0 aliphatic rings. The fraction of sp³-hybridized carbons (Fsp3) is 0.333. The van der Waals surface area contributed by atoms with Crippen molar-refractivity contribution in [3.8, 4) is 5.75 Å². The maximum atomic E-state index is 11.7. The third kappa shape index (κ3) is 5.30. The molecule has 144 valence electrons. The van der Waals surface area contributed by atoms with Gasteiger partial charge in [0, 0.05) is 18.4 Å². The van der Waals surface area contributed by atoms with Crippen LogP contribution < -0.4 is 16.4 Å². The van der Waals surface area contributed by atoms with E-state index in [9.17, 15) is 14.7 Å². The number of aromatic nitrogens is 2. The van der Waals surface area contributed by atoms with Gasteiger partial charge in [-0.15, -0.1) is 0 Å². The molecule has 0 atom stereocenters. The van der Waals surface area contributed by atoms with E-state index in [4.69, 9.17) is 5.73 Å². The Kier molecular flexibility index (Phi) is 5.84. The number of phenolic OH excluding ortho intramolecular Hbond substituents is 1. The highest BCUT2D eigenvalue weighted by Gasteiger charge is 2.17. The second-order valence-electron chi connectivity index (χ2n) is 7.08. The van der Waals surface area contributed by atoms with Gasteiger partial charge in [0.25, 0.3) is 5.91 Å². The van der Waals surface area contributed by atoms with Crippen LogP contribution in [0.3, 0.4) is 0 Å². The number of anilines is 3. The monoisotopic (exact) mass is 373 g/mol. The fourth-order valence-electron chi connectivity index (χ4n) is 2.11. The number of nitrogens with zero attached hydrogens (tertiary/aromatic N) is 2. The number of nitrogens with one attached hydrogen (secondary N) is 2. The standard InChI is InChI=1S/C18H23N5O4/c1-18(2,3)9-21-17-20-8-12(14(19)25)15(23-17)22-10-5-6-13(24)11(7-10)16(26)27-4/h5-8,24H,9H2,1-4H3,(H2,19,25)(H2,20,21,22,23). The maximum Gasteiger partial charge on any atom is 0.341 e. The van der Waals surface area contributed by atoms with E-state index in [1.807, 2.05) is 0 Å². The Labute approximate surface area is 157 Å². The number of carbonyl (C=O) groups excluding carboxylic acids is 2. The lowest BCUT2D eigenvalue weighted by Gasteiger charge is -2.19. The van der Waals surface area contributed by atoms with Crippen molar-refractivity contribution < 1.29 is 19.4 Å². The van der Waals surface area contributed by atoms with E-state index in [2.05, 4.69) is 46.1 Å². The van der Waals surface area contributed by atoms with Crippen LogP contribution in [-0.4, -0.2) is 40.6 Å². The van der Waals surface area contributed by atoms with Gasteiger partial charge in [-0.2, -0.15) is 4.98 Å². The van der Waals surface area contributed by atoms with Crippen LogP contribution in [0.1, 0.15) is 41.5 Å². The molecule has 0 unspecified atom stereocenters. The zero-order valence-corrected chi connectivity index (χ0v) is 15.7. The number of phenols is 1. The average Bonchev–Trinajstić information content (AvgIpc) is 2.60. The number of esters is 1. The number of nitrogens with two attached hydrogens (primary N) is 1. The van der Waals surface area contributed by atoms with E-state index in [1.165, 1.54) is 31.5 Å². The quantitative estimate of drug-likeness (QED) is 0.446. The van der Waals surface area contributed by atoms with Gasteiger partial charge in [0.05, 0.1) is 7.11 Å². The Bertz CT molecular complexity index is 861. The van der Waals surface area contributed by atoms with E-state index >= 15 is 0 Å². The molecule has 0 saturated carbocycles. The Balaban J connectivity index is 2.36. The summed E-state index contributed by atoms with van der Waals surface area (Å²) >= 11 is 0. The van der Waals surface area contributed by atoms with E-state index in [0.717, 1.165) is 0 Å². The van der Waals surface area contributed by atoms with Crippen LogP contribution in [-0.2, 0) is 4.74 Å². The predicted molar refractivity (Wildman–Crippen MR) is 101 cm³/mol. The Hall–Kier alpha value is -3.36. The van der Waals surface area contributed by atoms with Gasteiger partial charge in [0.15, 0.2) is 0 Å². The molecule has 0 fully saturated rings. The van der Waals surface area contributed by atoms with E-state index in [1.54, 1.807) is 0 Å². The molecular weight excluding hydrogens is 350 g/mol. The molecule has 9 heteroatoms. The first-order valence-corrected chi connectivity index (χ1v) is 8.20. The minimum Gasteiger partial charge on any atom is -0.507 e. The maximum absolute atomic E-state index is 11.7. The Morgan fingerprint density at radius 1 is 1.26 bits per heavy atom. The third-order valence-electron chi connectivity index (χ3n) is 3.50. The van der Waals surface area contributed by atoms with Gasteiger partial charge in [0.2, 0.25) is 5.95 Å². The molecule has 1 aromatic heterocycles. The van der Waals surface area contributed by atoms with Crippen molar-refractivity contribution in [3.05, 3.63) is 35.5 Å². The zero-order valence-electron chi connectivity index (χ0n) is 15.7. The van der Waals surface area contributed by atoms with Crippen LogP contribution in [0.4, 0.5) is 17.5 Å². The van der Waals surface area contributed by atoms with Gasteiger partial charge in [0.1, 0.15) is 22.7 Å². The number of methoxy groups -OCH3 is 1. The number of hydrogen-bond acceptors (Lipinski definition) is 8. The summed E-state index contributed by atoms with van der Waals surface area (Å²) in [5, 5.41) is 15.8. The SMILES string of the molecule is COC(=O)c1cc(Nc2nc(NCC(C)(C)C)ncc2C(N)=O)ccc1O. The van der Waals surface area contributed by atoms with Crippen LogP contribution >= 0.6 is 0 Å². The summed E-state index contributed by atoms with van der Waals surface area (Å²) in [4.78, 5) is 31.8. The molecule has 0 saturated heterocycles. The molecule has 27 heavy (non-hydrogen) atoms. The number of rotatable bonds is 6. The van der Waals surface area contributed by atoms with Gasteiger partial charge in [-0.3, -0.25) is 4.79 Å². The van der Waals surface area contributed by atoms with Crippen molar-refractivity contribution in [1.29, 1.82) is 0 Å². The molecule has 1 heterocycles.